The van der Waals surface area contributed by atoms with Crippen LogP contribution in [0.3, 0.4) is 0 Å². The monoisotopic (exact) mass is 283 g/mol. The van der Waals surface area contributed by atoms with Crippen LogP contribution in [-0.4, -0.2) is 23.4 Å². The van der Waals surface area contributed by atoms with Gasteiger partial charge < -0.3 is 9.47 Å². The number of aromatic nitrogens is 1. The van der Waals surface area contributed by atoms with Gasteiger partial charge in [-0.1, -0.05) is 0 Å². The molecule has 1 N–H and O–H groups in total. The Morgan fingerprint density at radius 3 is 2.90 bits per heavy atom. The van der Waals surface area contributed by atoms with Crippen molar-refractivity contribution in [2.24, 2.45) is 5.10 Å². The number of nitrogens with one attached hydrogen (secondary N) is 1. The van der Waals surface area contributed by atoms with Gasteiger partial charge in [-0.15, -0.1) is 0 Å². The zero-order chi connectivity index (χ0) is 14.7. The Kier molecular flexibility index (Phi) is 3.51. The molecule has 21 heavy (non-hydrogen) atoms. The van der Waals surface area contributed by atoms with Gasteiger partial charge in [0, 0.05) is 18.0 Å². The molecule has 6 heteroatoms. The quantitative estimate of drug-likeness (QED) is 0.690. The van der Waals surface area contributed by atoms with Crippen LogP contribution in [0.5, 0.6) is 11.5 Å². The van der Waals surface area contributed by atoms with E-state index < -0.39 is 0 Å². The van der Waals surface area contributed by atoms with E-state index in [9.17, 15) is 4.79 Å². The zero-order valence-electron chi connectivity index (χ0n) is 11.4. The second kappa shape index (κ2) is 5.62. The first-order valence-corrected chi connectivity index (χ1v) is 6.39. The molecule has 6 nitrogen and oxygen atoms in total. The number of nitrogens with zero attached hydrogens (tertiary/aromatic N) is 2. The molecule has 2 aromatic rings. The topological polar surface area (TPSA) is 72.8 Å². The van der Waals surface area contributed by atoms with Crippen LogP contribution in [0.25, 0.3) is 0 Å². The molecule has 1 aliphatic rings. The highest BCUT2D eigenvalue weighted by atomic mass is 16.7. The Labute approximate surface area is 121 Å². The summed E-state index contributed by atoms with van der Waals surface area (Å²) in [6, 6.07) is 8.89. The number of rotatable bonds is 3. The molecular formula is C15H13N3O3. The number of pyridine rings is 1. The van der Waals surface area contributed by atoms with Crippen LogP contribution >= 0.6 is 0 Å². The molecule has 2 heterocycles. The fourth-order valence-corrected chi connectivity index (χ4v) is 1.88. The minimum Gasteiger partial charge on any atom is -0.454 e. The summed E-state index contributed by atoms with van der Waals surface area (Å²) in [5, 5.41) is 4.09. The smallest absolute Gasteiger partial charge is 0.272 e. The number of carbonyl (C=O) groups excluding carboxylic acids is 1. The van der Waals surface area contributed by atoms with Gasteiger partial charge in [0.05, 0.1) is 11.3 Å². The highest BCUT2D eigenvalue weighted by Gasteiger charge is 2.14. The van der Waals surface area contributed by atoms with E-state index in [1.807, 2.05) is 18.2 Å². The fraction of sp³-hybridized carbons (Fsp3) is 0.133. The van der Waals surface area contributed by atoms with Crippen molar-refractivity contribution in [3.8, 4) is 11.5 Å². The molecular weight excluding hydrogens is 270 g/mol. The van der Waals surface area contributed by atoms with Crippen LogP contribution in [0.4, 0.5) is 0 Å². The summed E-state index contributed by atoms with van der Waals surface area (Å²) in [5.41, 5.74) is 4.48. The zero-order valence-corrected chi connectivity index (χ0v) is 11.4. The fourth-order valence-electron chi connectivity index (χ4n) is 1.88. The van der Waals surface area contributed by atoms with E-state index in [4.69, 9.17) is 9.47 Å². The molecule has 106 valence electrons. The van der Waals surface area contributed by atoms with Crippen molar-refractivity contribution in [3.05, 3.63) is 53.9 Å². The second-order valence-electron chi connectivity index (χ2n) is 4.45. The highest BCUT2D eigenvalue weighted by Crippen LogP contribution is 2.32. The standard InChI is InChI=1S/C15H13N3O3/c1-10(11-4-5-13-14(7-11)21-9-20-13)17-18-15(19)12-3-2-6-16-8-12/h2-8H,9H2,1H3,(H,18,19). The summed E-state index contributed by atoms with van der Waals surface area (Å²) >= 11 is 0. The molecule has 0 saturated heterocycles. The van der Waals surface area contributed by atoms with E-state index in [0.717, 1.165) is 5.56 Å². The van der Waals surface area contributed by atoms with E-state index in [0.29, 0.717) is 22.8 Å². The number of fused-ring (bicyclic) bond motifs is 1. The summed E-state index contributed by atoms with van der Waals surface area (Å²) in [7, 11) is 0. The van der Waals surface area contributed by atoms with E-state index in [-0.39, 0.29) is 12.7 Å². The number of hydrogen-bond donors (Lipinski definition) is 1. The first-order valence-electron chi connectivity index (χ1n) is 6.39. The van der Waals surface area contributed by atoms with Gasteiger partial charge >= 0.3 is 0 Å². The number of benzene rings is 1. The SMILES string of the molecule is CC(=NNC(=O)c1cccnc1)c1ccc2c(c1)OCO2. The number of hydrogen-bond acceptors (Lipinski definition) is 5. The maximum Gasteiger partial charge on any atom is 0.272 e. The molecule has 0 aliphatic carbocycles. The average molecular weight is 283 g/mol. The minimum absolute atomic E-state index is 0.229. The van der Waals surface area contributed by atoms with Crippen molar-refractivity contribution >= 4 is 11.6 Å². The molecule has 0 fully saturated rings. The Morgan fingerprint density at radius 2 is 2.10 bits per heavy atom. The lowest BCUT2D eigenvalue weighted by atomic mass is 10.1. The Bertz CT molecular complexity index is 699. The minimum atomic E-state index is -0.303. The van der Waals surface area contributed by atoms with Crippen molar-refractivity contribution in [1.29, 1.82) is 0 Å². The molecule has 1 amide bonds. The largest absolute Gasteiger partial charge is 0.454 e. The van der Waals surface area contributed by atoms with E-state index in [1.165, 1.54) is 6.20 Å². The van der Waals surface area contributed by atoms with Crippen LogP contribution in [0.2, 0.25) is 0 Å². The lowest BCUT2D eigenvalue weighted by Gasteiger charge is -2.04. The molecule has 3 rings (SSSR count). The Hall–Kier alpha value is -2.89. The number of hydrazone groups is 1. The summed E-state index contributed by atoms with van der Waals surface area (Å²) < 4.78 is 10.6. The molecule has 1 aliphatic heterocycles. The number of ether oxygens (including phenoxy) is 2. The van der Waals surface area contributed by atoms with Crippen molar-refractivity contribution in [2.75, 3.05) is 6.79 Å². The second-order valence-corrected chi connectivity index (χ2v) is 4.45. The first-order chi connectivity index (χ1) is 10.2. The average Bonchev–Trinajstić information content (AvgIpc) is 3.00. The molecule has 0 bridgehead atoms. The van der Waals surface area contributed by atoms with Gasteiger partial charge in [0.2, 0.25) is 6.79 Å². The van der Waals surface area contributed by atoms with Crippen molar-refractivity contribution in [2.45, 2.75) is 6.92 Å². The van der Waals surface area contributed by atoms with Crippen LogP contribution in [-0.2, 0) is 0 Å². The number of amides is 1. The molecule has 0 radical (unpaired) electrons. The van der Waals surface area contributed by atoms with E-state index in [2.05, 4.69) is 15.5 Å². The lowest BCUT2D eigenvalue weighted by molar-refractivity contribution is 0.0954. The van der Waals surface area contributed by atoms with E-state index >= 15 is 0 Å². The molecule has 1 aromatic carbocycles. The highest BCUT2D eigenvalue weighted by molar-refractivity contribution is 6.01. The van der Waals surface area contributed by atoms with Crippen molar-refractivity contribution in [3.63, 3.8) is 0 Å². The summed E-state index contributed by atoms with van der Waals surface area (Å²) in [4.78, 5) is 15.8. The lowest BCUT2D eigenvalue weighted by Crippen LogP contribution is -2.19. The third-order valence-corrected chi connectivity index (χ3v) is 3.04. The van der Waals surface area contributed by atoms with Crippen molar-refractivity contribution < 1.29 is 14.3 Å². The summed E-state index contributed by atoms with van der Waals surface area (Å²) in [5.74, 6) is 1.09. The van der Waals surface area contributed by atoms with Crippen LogP contribution in [0.1, 0.15) is 22.8 Å². The van der Waals surface area contributed by atoms with Crippen LogP contribution < -0.4 is 14.9 Å². The van der Waals surface area contributed by atoms with Gasteiger partial charge in [-0.05, 0) is 37.3 Å². The predicted octanol–water partition coefficient (Wildman–Crippen LogP) is 1.96. The summed E-state index contributed by atoms with van der Waals surface area (Å²) in [6.07, 6.45) is 3.10. The molecule has 0 unspecified atom stereocenters. The maximum absolute atomic E-state index is 11.9. The van der Waals surface area contributed by atoms with Gasteiger partial charge in [0.25, 0.3) is 5.91 Å². The number of carbonyl (C=O) groups is 1. The Balaban J connectivity index is 1.73. The van der Waals surface area contributed by atoms with Crippen LogP contribution in [0, 0.1) is 0 Å². The van der Waals surface area contributed by atoms with Gasteiger partial charge in [0.1, 0.15) is 0 Å². The van der Waals surface area contributed by atoms with Gasteiger partial charge in [-0.25, -0.2) is 5.43 Å². The Morgan fingerprint density at radius 1 is 1.24 bits per heavy atom. The maximum atomic E-state index is 11.9. The third-order valence-electron chi connectivity index (χ3n) is 3.04. The molecule has 1 aromatic heterocycles. The first kappa shape index (κ1) is 13.1. The van der Waals surface area contributed by atoms with Crippen molar-refractivity contribution in [1.82, 2.24) is 10.4 Å². The predicted molar refractivity (Wildman–Crippen MR) is 76.5 cm³/mol. The van der Waals surface area contributed by atoms with E-state index in [1.54, 1.807) is 25.3 Å². The molecule has 0 saturated carbocycles. The summed E-state index contributed by atoms with van der Waals surface area (Å²) in [6.45, 7) is 2.04. The van der Waals surface area contributed by atoms with Crippen LogP contribution in [0.15, 0.2) is 47.8 Å². The van der Waals surface area contributed by atoms with Gasteiger partial charge in [0.15, 0.2) is 11.5 Å². The normalized spacial score (nSPS) is 13.1. The molecule has 0 atom stereocenters. The third kappa shape index (κ3) is 2.84. The van der Waals surface area contributed by atoms with Gasteiger partial charge in [-0.3, -0.25) is 9.78 Å². The molecule has 0 spiro atoms. The van der Waals surface area contributed by atoms with Gasteiger partial charge in [-0.2, -0.15) is 5.10 Å².